The zero-order valence-electron chi connectivity index (χ0n) is 15.1. The second-order valence-corrected chi connectivity index (χ2v) is 8.53. The second-order valence-electron chi connectivity index (χ2n) is 6.51. The number of anilines is 1. The van der Waals surface area contributed by atoms with Crippen LogP contribution in [0.4, 0.5) is 5.69 Å². The van der Waals surface area contributed by atoms with Crippen LogP contribution in [0.2, 0.25) is 0 Å². The van der Waals surface area contributed by atoms with Gasteiger partial charge in [-0.2, -0.15) is 0 Å². The van der Waals surface area contributed by atoms with Crippen LogP contribution in [0.25, 0.3) is 0 Å². The maximum Gasteiger partial charge on any atom is 0.232 e. The Labute approximate surface area is 150 Å². The summed E-state index contributed by atoms with van der Waals surface area (Å²) in [4.78, 5) is 13.2. The zero-order chi connectivity index (χ0) is 18.6. The first-order valence-electron chi connectivity index (χ1n) is 8.40. The number of nitrogens with one attached hydrogen (secondary N) is 1. The summed E-state index contributed by atoms with van der Waals surface area (Å²) < 4.78 is 23.6. The minimum absolute atomic E-state index is 0.116. The summed E-state index contributed by atoms with van der Waals surface area (Å²) in [6.07, 6.45) is 2.03. The van der Waals surface area contributed by atoms with E-state index in [2.05, 4.69) is 19.2 Å². The predicted molar refractivity (Wildman–Crippen MR) is 102 cm³/mol. The van der Waals surface area contributed by atoms with Crippen molar-refractivity contribution in [3.05, 3.63) is 59.7 Å². The number of aryl methyl sites for hydroxylation is 1. The molecule has 0 radical (unpaired) electrons. The highest BCUT2D eigenvalue weighted by Crippen LogP contribution is 2.29. The molecule has 0 unspecified atom stereocenters. The normalized spacial score (nSPS) is 13.9. The van der Waals surface area contributed by atoms with Crippen LogP contribution in [-0.2, 0) is 14.6 Å². The van der Waals surface area contributed by atoms with Gasteiger partial charge in [-0.3, -0.25) is 4.79 Å². The standard InChI is InChI=1S/C20H25NO3S/c1-5-14(2)19(16-9-7-6-8-10-16)20(22)21-18-13-17(25(4,23)24)12-11-15(18)3/h6-14,19H,5H2,1-4H3,(H,21,22)/t14-,19-/m1/s1. The molecule has 0 aliphatic heterocycles. The molecule has 0 fully saturated rings. The first-order valence-corrected chi connectivity index (χ1v) is 10.3. The van der Waals surface area contributed by atoms with E-state index in [1.165, 1.54) is 6.07 Å². The third-order valence-corrected chi connectivity index (χ3v) is 5.66. The van der Waals surface area contributed by atoms with Gasteiger partial charge in [0.2, 0.25) is 5.91 Å². The number of sulfone groups is 1. The summed E-state index contributed by atoms with van der Waals surface area (Å²) >= 11 is 0. The van der Waals surface area contributed by atoms with E-state index in [0.29, 0.717) is 5.69 Å². The molecule has 5 heteroatoms. The van der Waals surface area contributed by atoms with Gasteiger partial charge in [0.05, 0.1) is 10.8 Å². The van der Waals surface area contributed by atoms with Crippen molar-refractivity contribution >= 4 is 21.4 Å². The predicted octanol–water partition coefficient (Wildman–Crippen LogP) is 4.17. The Morgan fingerprint density at radius 3 is 2.32 bits per heavy atom. The van der Waals surface area contributed by atoms with Gasteiger partial charge in [-0.15, -0.1) is 0 Å². The van der Waals surface area contributed by atoms with E-state index in [1.807, 2.05) is 37.3 Å². The molecule has 2 atom stereocenters. The molecule has 0 spiro atoms. The molecule has 0 aliphatic rings. The van der Waals surface area contributed by atoms with Gasteiger partial charge in [-0.25, -0.2) is 8.42 Å². The van der Waals surface area contributed by atoms with Crippen LogP contribution in [0, 0.1) is 12.8 Å². The topological polar surface area (TPSA) is 63.2 Å². The Morgan fingerprint density at radius 1 is 1.12 bits per heavy atom. The van der Waals surface area contributed by atoms with E-state index in [4.69, 9.17) is 0 Å². The molecule has 2 aromatic rings. The van der Waals surface area contributed by atoms with Gasteiger partial charge in [-0.1, -0.05) is 56.7 Å². The van der Waals surface area contributed by atoms with Crippen LogP contribution in [0.5, 0.6) is 0 Å². The van der Waals surface area contributed by atoms with E-state index >= 15 is 0 Å². The zero-order valence-corrected chi connectivity index (χ0v) is 15.9. The molecule has 134 valence electrons. The van der Waals surface area contributed by atoms with E-state index in [1.54, 1.807) is 12.1 Å². The molecule has 2 aromatic carbocycles. The van der Waals surface area contributed by atoms with Crippen molar-refractivity contribution < 1.29 is 13.2 Å². The Bertz CT molecular complexity index is 844. The minimum Gasteiger partial charge on any atom is -0.325 e. The minimum atomic E-state index is -3.32. The average molecular weight is 359 g/mol. The summed E-state index contributed by atoms with van der Waals surface area (Å²) in [5, 5.41) is 2.93. The van der Waals surface area contributed by atoms with Crippen molar-refractivity contribution in [1.29, 1.82) is 0 Å². The van der Waals surface area contributed by atoms with E-state index in [9.17, 15) is 13.2 Å². The maximum absolute atomic E-state index is 13.0. The smallest absolute Gasteiger partial charge is 0.232 e. The average Bonchev–Trinajstić information content (AvgIpc) is 2.56. The van der Waals surface area contributed by atoms with Crippen LogP contribution < -0.4 is 5.32 Å². The lowest BCUT2D eigenvalue weighted by molar-refractivity contribution is -0.118. The van der Waals surface area contributed by atoms with Crippen LogP contribution in [0.1, 0.15) is 37.3 Å². The number of carbonyl (C=O) groups is 1. The van der Waals surface area contributed by atoms with E-state index in [0.717, 1.165) is 23.8 Å². The van der Waals surface area contributed by atoms with Crippen LogP contribution in [-0.4, -0.2) is 20.6 Å². The molecule has 25 heavy (non-hydrogen) atoms. The molecule has 1 N–H and O–H groups in total. The van der Waals surface area contributed by atoms with Gasteiger partial charge in [0, 0.05) is 11.9 Å². The fraction of sp³-hybridized carbons (Fsp3) is 0.350. The first kappa shape index (κ1) is 19.2. The monoisotopic (exact) mass is 359 g/mol. The van der Waals surface area contributed by atoms with Gasteiger partial charge in [0.15, 0.2) is 9.84 Å². The summed E-state index contributed by atoms with van der Waals surface area (Å²) in [5.74, 6) is -0.234. The van der Waals surface area contributed by atoms with Gasteiger partial charge in [0.1, 0.15) is 0 Å². The molecular weight excluding hydrogens is 334 g/mol. The summed E-state index contributed by atoms with van der Waals surface area (Å²) in [5.41, 5.74) is 2.33. The lowest BCUT2D eigenvalue weighted by Crippen LogP contribution is -2.26. The Morgan fingerprint density at radius 2 is 1.76 bits per heavy atom. The fourth-order valence-corrected chi connectivity index (χ4v) is 3.46. The van der Waals surface area contributed by atoms with E-state index < -0.39 is 9.84 Å². The highest BCUT2D eigenvalue weighted by Gasteiger charge is 2.26. The third-order valence-electron chi connectivity index (χ3n) is 4.55. The molecule has 0 aliphatic carbocycles. The van der Waals surface area contributed by atoms with Crippen molar-refractivity contribution in [2.75, 3.05) is 11.6 Å². The third kappa shape index (κ3) is 4.69. The molecule has 0 saturated heterocycles. The maximum atomic E-state index is 13.0. The number of amides is 1. The molecule has 1 amide bonds. The number of hydrogen-bond donors (Lipinski definition) is 1. The molecule has 0 bridgehead atoms. The van der Waals surface area contributed by atoms with Crippen LogP contribution >= 0.6 is 0 Å². The SMILES string of the molecule is CC[C@@H](C)[C@@H](C(=O)Nc1cc(S(C)(=O)=O)ccc1C)c1ccccc1. The quantitative estimate of drug-likeness (QED) is 0.842. The van der Waals surface area contributed by atoms with Gasteiger partial charge in [0.25, 0.3) is 0 Å². The fourth-order valence-electron chi connectivity index (χ4n) is 2.81. The van der Waals surface area contributed by atoms with Crippen LogP contribution in [0.3, 0.4) is 0 Å². The highest BCUT2D eigenvalue weighted by molar-refractivity contribution is 7.90. The Hall–Kier alpha value is -2.14. The number of carbonyl (C=O) groups excluding carboxylic acids is 1. The van der Waals surface area contributed by atoms with Crippen molar-refractivity contribution in [3.63, 3.8) is 0 Å². The Kier molecular flexibility index (Phi) is 6.01. The summed E-state index contributed by atoms with van der Waals surface area (Å²) in [6, 6.07) is 14.5. The van der Waals surface area contributed by atoms with E-state index in [-0.39, 0.29) is 22.6 Å². The second kappa shape index (κ2) is 7.83. The van der Waals surface area contributed by atoms with Gasteiger partial charge in [-0.05, 0) is 36.1 Å². The molecule has 0 heterocycles. The summed E-state index contributed by atoms with van der Waals surface area (Å²) in [7, 11) is -3.32. The number of hydrogen-bond acceptors (Lipinski definition) is 3. The number of rotatable bonds is 6. The molecule has 2 rings (SSSR count). The van der Waals surface area contributed by atoms with Gasteiger partial charge < -0.3 is 5.32 Å². The van der Waals surface area contributed by atoms with Crippen molar-refractivity contribution in [1.82, 2.24) is 0 Å². The molecular formula is C20H25NO3S. The van der Waals surface area contributed by atoms with Crippen LogP contribution in [0.15, 0.2) is 53.4 Å². The van der Waals surface area contributed by atoms with Gasteiger partial charge >= 0.3 is 0 Å². The van der Waals surface area contributed by atoms with Crippen molar-refractivity contribution in [3.8, 4) is 0 Å². The lowest BCUT2D eigenvalue weighted by atomic mass is 9.85. The largest absolute Gasteiger partial charge is 0.325 e. The molecule has 4 nitrogen and oxygen atoms in total. The van der Waals surface area contributed by atoms with Crippen molar-refractivity contribution in [2.45, 2.75) is 38.0 Å². The first-order chi connectivity index (χ1) is 11.7. The molecule has 0 aromatic heterocycles. The Balaban J connectivity index is 2.36. The van der Waals surface area contributed by atoms with Crippen molar-refractivity contribution in [2.24, 2.45) is 5.92 Å². The number of benzene rings is 2. The summed E-state index contributed by atoms with van der Waals surface area (Å²) in [6.45, 7) is 5.96. The highest BCUT2D eigenvalue weighted by atomic mass is 32.2. The molecule has 0 saturated carbocycles. The lowest BCUT2D eigenvalue weighted by Gasteiger charge is -2.23.